The molecule has 0 aromatic carbocycles. The van der Waals surface area contributed by atoms with Crippen molar-refractivity contribution in [2.45, 2.75) is 13.3 Å². The fraction of sp³-hybridized carbons (Fsp3) is 0.500. The zero-order chi connectivity index (χ0) is 6.69. The molecule has 2 nitrogen and oxygen atoms in total. The molecule has 50 valence electrons. The van der Waals surface area contributed by atoms with Gasteiger partial charge in [0.2, 0.25) is 0 Å². The summed E-state index contributed by atoms with van der Waals surface area (Å²) in [6, 6.07) is 0. The second-order valence-corrected chi connectivity index (χ2v) is 2.41. The van der Waals surface area contributed by atoms with Crippen LogP contribution in [0.3, 0.4) is 0 Å². The van der Waals surface area contributed by atoms with Crippen molar-refractivity contribution in [1.82, 2.24) is 9.97 Å². The second kappa shape index (κ2) is 2.92. The Bertz CT molecular complexity index is 183. The lowest BCUT2D eigenvalue weighted by Gasteiger charge is -1.87. The Balaban J connectivity index is 2.61. The van der Waals surface area contributed by atoms with Crippen LogP contribution in [-0.2, 0) is 6.42 Å². The Morgan fingerprint density at radius 3 is 3.00 bits per heavy atom. The number of nitrogens with one attached hydrogen (secondary N) is 1. The smallest absolute Gasteiger partial charge is 0.103 e. The van der Waals surface area contributed by atoms with E-state index in [-0.39, 0.29) is 0 Å². The molecule has 1 heterocycles. The van der Waals surface area contributed by atoms with Crippen molar-refractivity contribution in [2.75, 3.05) is 5.75 Å². The summed E-state index contributed by atoms with van der Waals surface area (Å²) in [5.41, 5.74) is 1.17. The largest absolute Gasteiger partial charge is 0.346 e. The fourth-order valence-corrected chi connectivity index (χ4v) is 0.960. The monoisotopic (exact) mass is 142 g/mol. The van der Waals surface area contributed by atoms with E-state index in [2.05, 4.69) is 22.6 Å². The van der Waals surface area contributed by atoms with Crippen molar-refractivity contribution >= 4 is 12.6 Å². The topological polar surface area (TPSA) is 28.7 Å². The van der Waals surface area contributed by atoms with Crippen LogP contribution in [0.5, 0.6) is 0 Å². The SMILES string of the molecule is Cc1ncc(CCS)[nH]1. The van der Waals surface area contributed by atoms with Gasteiger partial charge < -0.3 is 4.98 Å². The van der Waals surface area contributed by atoms with E-state index in [4.69, 9.17) is 0 Å². The summed E-state index contributed by atoms with van der Waals surface area (Å²) in [7, 11) is 0. The molecule has 0 aliphatic carbocycles. The summed E-state index contributed by atoms with van der Waals surface area (Å²) in [4.78, 5) is 7.16. The number of aryl methyl sites for hydroxylation is 2. The van der Waals surface area contributed by atoms with Crippen LogP contribution in [0.1, 0.15) is 11.5 Å². The molecule has 0 aliphatic heterocycles. The number of thiol groups is 1. The van der Waals surface area contributed by atoms with Gasteiger partial charge in [0.05, 0.1) is 0 Å². The predicted molar refractivity (Wildman–Crippen MR) is 40.9 cm³/mol. The molecule has 3 heteroatoms. The molecule has 1 aromatic heterocycles. The van der Waals surface area contributed by atoms with E-state index >= 15 is 0 Å². The average molecular weight is 142 g/mol. The summed E-state index contributed by atoms with van der Waals surface area (Å²) in [6.07, 6.45) is 2.83. The molecule has 0 saturated carbocycles. The molecule has 0 atom stereocenters. The van der Waals surface area contributed by atoms with E-state index in [1.165, 1.54) is 5.69 Å². The van der Waals surface area contributed by atoms with Gasteiger partial charge in [-0.1, -0.05) is 0 Å². The molecule has 0 bridgehead atoms. The van der Waals surface area contributed by atoms with Crippen LogP contribution in [0.15, 0.2) is 6.20 Å². The maximum atomic E-state index is 4.09. The highest BCUT2D eigenvalue weighted by Gasteiger charge is 1.92. The van der Waals surface area contributed by atoms with Crippen LogP contribution in [0.25, 0.3) is 0 Å². The molecule has 1 aromatic rings. The lowest BCUT2D eigenvalue weighted by molar-refractivity contribution is 1.05. The van der Waals surface area contributed by atoms with Crippen LogP contribution >= 0.6 is 12.6 Å². The maximum absolute atomic E-state index is 4.09. The third kappa shape index (κ3) is 1.75. The normalized spacial score (nSPS) is 10.0. The number of imidazole rings is 1. The molecule has 0 unspecified atom stereocenters. The van der Waals surface area contributed by atoms with Crippen molar-refractivity contribution in [2.24, 2.45) is 0 Å². The maximum Gasteiger partial charge on any atom is 0.103 e. The van der Waals surface area contributed by atoms with Gasteiger partial charge in [0.1, 0.15) is 5.82 Å². The molecule has 0 fully saturated rings. The molecular formula is C6H10N2S. The Hall–Kier alpha value is -0.440. The summed E-state index contributed by atoms with van der Waals surface area (Å²) in [6.45, 7) is 1.95. The lowest BCUT2D eigenvalue weighted by Crippen LogP contribution is -1.84. The first kappa shape index (κ1) is 6.68. The van der Waals surface area contributed by atoms with Crippen LogP contribution < -0.4 is 0 Å². The highest BCUT2D eigenvalue weighted by Crippen LogP contribution is 1.96. The van der Waals surface area contributed by atoms with Gasteiger partial charge in [0.25, 0.3) is 0 Å². The number of rotatable bonds is 2. The second-order valence-electron chi connectivity index (χ2n) is 1.97. The fourth-order valence-electron chi connectivity index (χ4n) is 0.719. The van der Waals surface area contributed by atoms with Gasteiger partial charge in [0.15, 0.2) is 0 Å². The average Bonchev–Trinajstić information content (AvgIpc) is 2.17. The first-order valence-corrected chi connectivity index (χ1v) is 3.57. The first-order valence-electron chi connectivity index (χ1n) is 2.94. The first-order chi connectivity index (χ1) is 4.33. The van der Waals surface area contributed by atoms with E-state index < -0.39 is 0 Å². The molecule has 0 spiro atoms. The van der Waals surface area contributed by atoms with E-state index in [9.17, 15) is 0 Å². The van der Waals surface area contributed by atoms with E-state index in [1.54, 1.807) is 0 Å². The summed E-state index contributed by atoms with van der Waals surface area (Å²) in [5, 5.41) is 0. The lowest BCUT2D eigenvalue weighted by atomic mass is 10.4. The van der Waals surface area contributed by atoms with Gasteiger partial charge in [-0.15, -0.1) is 0 Å². The van der Waals surface area contributed by atoms with Gasteiger partial charge in [0, 0.05) is 11.9 Å². The third-order valence-corrected chi connectivity index (χ3v) is 1.36. The zero-order valence-electron chi connectivity index (χ0n) is 5.39. The summed E-state index contributed by atoms with van der Waals surface area (Å²) >= 11 is 4.09. The van der Waals surface area contributed by atoms with E-state index in [1.807, 2.05) is 13.1 Å². The minimum absolute atomic E-state index is 0.877. The van der Waals surface area contributed by atoms with Crippen molar-refractivity contribution < 1.29 is 0 Å². The molecule has 0 amide bonds. The van der Waals surface area contributed by atoms with Gasteiger partial charge in [-0.3, -0.25) is 0 Å². The van der Waals surface area contributed by atoms with E-state index in [0.29, 0.717) is 0 Å². The zero-order valence-corrected chi connectivity index (χ0v) is 6.28. The van der Waals surface area contributed by atoms with Crippen molar-refractivity contribution in [3.63, 3.8) is 0 Å². The molecule has 1 N–H and O–H groups in total. The Labute approximate surface area is 60.1 Å². The van der Waals surface area contributed by atoms with Crippen molar-refractivity contribution in [3.8, 4) is 0 Å². The number of aromatic nitrogens is 2. The summed E-state index contributed by atoms with van der Waals surface area (Å²) in [5.74, 6) is 1.86. The Kier molecular flexibility index (Phi) is 2.16. The molecule has 0 radical (unpaired) electrons. The van der Waals surface area contributed by atoms with Crippen LogP contribution in [0.4, 0.5) is 0 Å². The minimum atomic E-state index is 0.877. The number of hydrogen-bond donors (Lipinski definition) is 2. The molecule has 0 aliphatic rings. The van der Waals surface area contributed by atoms with Gasteiger partial charge >= 0.3 is 0 Å². The quantitative estimate of drug-likeness (QED) is 0.597. The van der Waals surface area contributed by atoms with Crippen LogP contribution in [0.2, 0.25) is 0 Å². The van der Waals surface area contributed by atoms with Crippen LogP contribution in [-0.4, -0.2) is 15.7 Å². The van der Waals surface area contributed by atoms with Gasteiger partial charge in [-0.25, -0.2) is 4.98 Å². The van der Waals surface area contributed by atoms with Crippen LogP contribution in [0, 0.1) is 6.92 Å². The van der Waals surface area contributed by atoms with E-state index in [0.717, 1.165) is 18.0 Å². The standard InChI is InChI=1S/C6H10N2S/c1-5-7-4-6(8-5)2-3-9/h4,9H,2-3H2,1H3,(H,7,8). The number of nitrogens with zero attached hydrogens (tertiary/aromatic N) is 1. The van der Waals surface area contributed by atoms with Gasteiger partial charge in [-0.2, -0.15) is 12.6 Å². The minimum Gasteiger partial charge on any atom is -0.346 e. The highest BCUT2D eigenvalue weighted by atomic mass is 32.1. The third-order valence-electron chi connectivity index (χ3n) is 1.14. The number of H-pyrrole nitrogens is 1. The Morgan fingerprint density at radius 2 is 2.56 bits per heavy atom. The van der Waals surface area contributed by atoms with Gasteiger partial charge in [-0.05, 0) is 19.1 Å². The van der Waals surface area contributed by atoms with Crippen molar-refractivity contribution in [1.29, 1.82) is 0 Å². The predicted octanol–water partition coefficient (Wildman–Crippen LogP) is 1.19. The Morgan fingerprint density at radius 1 is 1.78 bits per heavy atom. The highest BCUT2D eigenvalue weighted by molar-refractivity contribution is 7.80. The number of aromatic amines is 1. The summed E-state index contributed by atoms with van der Waals surface area (Å²) < 4.78 is 0. The molecule has 0 saturated heterocycles. The molecule has 9 heavy (non-hydrogen) atoms. The van der Waals surface area contributed by atoms with Crippen molar-refractivity contribution in [3.05, 3.63) is 17.7 Å². The molecule has 1 rings (SSSR count). The molecular weight excluding hydrogens is 132 g/mol. The number of hydrogen-bond acceptors (Lipinski definition) is 2.